The second kappa shape index (κ2) is 53.4. The summed E-state index contributed by atoms with van der Waals surface area (Å²) in [5.74, 6) is -4.82. The first-order valence-corrected chi connectivity index (χ1v) is 29.1. The average Bonchev–Trinajstić information content (AvgIpc) is 3.67. The molecular formula is C60H97N3O21. The summed E-state index contributed by atoms with van der Waals surface area (Å²) in [6, 6.07) is 0. The minimum atomic E-state index is -0.764. The minimum absolute atomic E-state index is 0.00503. The molecule has 0 aromatic carbocycles. The van der Waals surface area contributed by atoms with E-state index in [2.05, 4.69) is 39.8 Å². The third-order valence-corrected chi connectivity index (χ3v) is 12.6. The Labute approximate surface area is 497 Å². The lowest BCUT2D eigenvalue weighted by Crippen LogP contribution is -2.38. The molecule has 0 radical (unpaired) electrons. The first kappa shape index (κ1) is 77.7. The molecule has 0 rings (SSSR count). The molecule has 0 aromatic rings. The largest absolute Gasteiger partial charge is 0.464 e. The number of carbonyl (C=O) groups is 9. The standard InChI is InChI=1S/C60H97N3O21/c1-8-15-16-17-18-19-20-21-22-23-56(69)81-41-35-63(34-40-80-55(68)13-6)29-26-59(72)84-47-44-75-50-60(14-7,48-73-42-45-82-57(70)24-27-61(30-36-76-51(64)9-2)31-37-77-52(65)10-3)49-74-43-46-83-58(71)25-28-62(32-38-78-53(66)11-4)33-39-79-54(67)12-5/h9-13H,2-6,8,14-50H2,1,7H3. The van der Waals surface area contributed by atoms with Crippen LogP contribution in [0.25, 0.3) is 0 Å². The quantitative estimate of drug-likeness (QED) is 0.0325. The van der Waals surface area contributed by atoms with Crippen LogP contribution in [0.3, 0.4) is 0 Å². The topological polar surface area (TPSA) is 274 Å². The number of nitrogens with zero attached hydrogens (tertiary/aromatic N) is 3. The van der Waals surface area contributed by atoms with Crippen LogP contribution < -0.4 is 0 Å². The molecule has 0 bridgehead atoms. The van der Waals surface area contributed by atoms with Crippen molar-refractivity contribution in [2.45, 2.75) is 104 Å². The molecule has 0 saturated carbocycles. The Morgan fingerprint density at radius 1 is 0.310 bits per heavy atom. The zero-order valence-corrected chi connectivity index (χ0v) is 50.2. The van der Waals surface area contributed by atoms with Crippen LogP contribution in [0.4, 0.5) is 0 Å². The first-order chi connectivity index (χ1) is 40.6. The number of hydrogen-bond donors (Lipinski definition) is 0. The molecule has 0 spiro atoms. The maximum absolute atomic E-state index is 12.9. The van der Waals surface area contributed by atoms with Crippen LogP contribution >= 0.6 is 0 Å². The predicted octanol–water partition coefficient (Wildman–Crippen LogP) is 5.25. The molecule has 0 fully saturated rings. The van der Waals surface area contributed by atoms with Crippen molar-refractivity contribution in [1.82, 2.24) is 14.7 Å². The summed E-state index contributed by atoms with van der Waals surface area (Å²) in [7, 11) is 0. The van der Waals surface area contributed by atoms with E-state index in [0.29, 0.717) is 19.4 Å². The number of hydrogen-bond acceptors (Lipinski definition) is 24. The maximum atomic E-state index is 12.9. The van der Waals surface area contributed by atoms with Crippen molar-refractivity contribution in [2.75, 3.05) is 158 Å². The normalized spacial score (nSPS) is 11.1. The number of ether oxygens (including phenoxy) is 12. The van der Waals surface area contributed by atoms with Gasteiger partial charge in [0.15, 0.2) is 0 Å². The Morgan fingerprint density at radius 3 is 0.833 bits per heavy atom. The van der Waals surface area contributed by atoms with Gasteiger partial charge in [-0.15, -0.1) is 0 Å². The van der Waals surface area contributed by atoms with Crippen molar-refractivity contribution in [3.05, 3.63) is 63.3 Å². The third-order valence-electron chi connectivity index (χ3n) is 12.6. The van der Waals surface area contributed by atoms with E-state index in [-0.39, 0.29) is 177 Å². The van der Waals surface area contributed by atoms with Crippen molar-refractivity contribution < 1.29 is 100.0 Å². The molecule has 0 amide bonds. The fourth-order valence-electron chi connectivity index (χ4n) is 7.52. The Bertz CT molecular complexity index is 1800. The summed E-state index contributed by atoms with van der Waals surface area (Å²) in [6.07, 6.45) is 16.2. The van der Waals surface area contributed by atoms with E-state index >= 15 is 0 Å². The fraction of sp³-hybridized carbons (Fsp3) is 0.683. The highest BCUT2D eigenvalue weighted by atomic mass is 16.6. The van der Waals surface area contributed by atoms with Gasteiger partial charge in [-0.3, -0.25) is 33.9 Å². The summed E-state index contributed by atoms with van der Waals surface area (Å²) in [5, 5.41) is 0. The van der Waals surface area contributed by atoms with E-state index in [0.717, 1.165) is 56.1 Å². The zero-order chi connectivity index (χ0) is 62.3. The van der Waals surface area contributed by atoms with Gasteiger partial charge in [-0.25, -0.2) is 24.0 Å². The molecule has 84 heavy (non-hydrogen) atoms. The molecule has 24 heteroatoms. The molecule has 0 heterocycles. The van der Waals surface area contributed by atoms with Crippen molar-refractivity contribution >= 4 is 53.7 Å². The average molecular weight is 1200 g/mol. The molecule has 0 aliphatic rings. The molecule has 0 aliphatic heterocycles. The monoisotopic (exact) mass is 1200 g/mol. The molecule has 0 unspecified atom stereocenters. The van der Waals surface area contributed by atoms with Crippen molar-refractivity contribution in [2.24, 2.45) is 5.41 Å². The van der Waals surface area contributed by atoms with Crippen LogP contribution in [0.15, 0.2) is 63.3 Å². The van der Waals surface area contributed by atoms with Crippen LogP contribution in [-0.2, 0) is 100.0 Å². The molecular weight excluding hydrogens is 1100 g/mol. The lowest BCUT2D eigenvalue weighted by molar-refractivity contribution is -0.149. The van der Waals surface area contributed by atoms with Crippen molar-refractivity contribution in [3.63, 3.8) is 0 Å². The van der Waals surface area contributed by atoms with Gasteiger partial charge in [0.25, 0.3) is 0 Å². The van der Waals surface area contributed by atoms with Crippen molar-refractivity contribution in [3.8, 4) is 0 Å². The van der Waals surface area contributed by atoms with Gasteiger partial charge in [-0.05, 0) is 12.8 Å². The lowest BCUT2D eigenvalue weighted by Gasteiger charge is -2.32. The molecule has 24 nitrogen and oxygen atoms in total. The summed E-state index contributed by atoms with van der Waals surface area (Å²) in [6.45, 7) is 23.5. The van der Waals surface area contributed by atoms with Gasteiger partial charge in [0.2, 0.25) is 0 Å². The van der Waals surface area contributed by atoms with E-state index < -0.39 is 53.2 Å². The Morgan fingerprint density at radius 2 is 0.560 bits per heavy atom. The van der Waals surface area contributed by atoms with E-state index in [1.807, 2.05) is 11.8 Å². The summed E-state index contributed by atoms with van der Waals surface area (Å²) in [5.41, 5.74) is -0.764. The van der Waals surface area contributed by atoms with Gasteiger partial charge >= 0.3 is 53.7 Å². The third kappa shape index (κ3) is 46.1. The van der Waals surface area contributed by atoms with Crippen LogP contribution in [0.2, 0.25) is 0 Å². The minimum Gasteiger partial charge on any atom is -0.464 e. The number of rotatable bonds is 58. The van der Waals surface area contributed by atoms with Gasteiger partial charge in [-0.1, -0.05) is 98.1 Å². The van der Waals surface area contributed by atoms with Gasteiger partial charge < -0.3 is 56.8 Å². The van der Waals surface area contributed by atoms with Gasteiger partial charge in [0.05, 0.1) is 58.9 Å². The summed E-state index contributed by atoms with van der Waals surface area (Å²) in [4.78, 5) is 114. The highest BCUT2D eigenvalue weighted by Gasteiger charge is 2.30. The second-order valence-corrected chi connectivity index (χ2v) is 19.1. The number of esters is 9. The highest BCUT2D eigenvalue weighted by Crippen LogP contribution is 2.24. The smallest absolute Gasteiger partial charge is 0.330 e. The fourth-order valence-corrected chi connectivity index (χ4v) is 7.52. The maximum Gasteiger partial charge on any atom is 0.330 e. The zero-order valence-electron chi connectivity index (χ0n) is 50.2. The van der Waals surface area contributed by atoms with Gasteiger partial charge in [-0.2, -0.15) is 0 Å². The lowest BCUT2D eigenvalue weighted by atomic mass is 9.88. The summed E-state index contributed by atoms with van der Waals surface area (Å²) >= 11 is 0. The predicted molar refractivity (Wildman–Crippen MR) is 310 cm³/mol. The Balaban J connectivity index is 5.50. The van der Waals surface area contributed by atoms with E-state index in [1.165, 1.54) is 32.1 Å². The number of carbonyl (C=O) groups excluding carboxylic acids is 9. The van der Waals surface area contributed by atoms with Crippen LogP contribution in [-0.4, -0.2) is 226 Å². The molecule has 0 aromatic heterocycles. The van der Waals surface area contributed by atoms with E-state index in [9.17, 15) is 43.2 Å². The Kier molecular flexibility index (Phi) is 49.4. The van der Waals surface area contributed by atoms with Crippen LogP contribution in [0.5, 0.6) is 0 Å². The first-order valence-electron chi connectivity index (χ1n) is 29.1. The van der Waals surface area contributed by atoms with E-state index in [1.54, 1.807) is 9.80 Å². The Hall–Kier alpha value is -6.31. The summed E-state index contributed by atoms with van der Waals surface area (Å²) < 4.78 is 65.2. The SMILES string of the molecule is C=CC(=O)OCCN(CCOC(=O)C=C)CCC(=O)OCCOCC(CC)(COCCOC(=O)CCN(CCOC(=O)C=C)CCOC(=O)C=C)COCCOC(=O)CCN(CCOC(=O)C=C)CCOC(=O)CCCCCCCCCCC. The second-order valence-electron chi connectivity index (χ2n) is 19.1. The number of unbranched alkanes of at least 4 members (excludes halogenated alkanes) is 8. The van der Waals surface area contributed by atoms with Crippen LogP contribution in [0, 0.1) is 5.41 Å². The molecule has 0 saturated heterocycles. The van der Waals surface area contributed by atoms with E-state index in [4.69, 9.17) is 56.8 Å². The van der Waals surface area contributed by atoms with Crippen LogP contribution in [0.1, 0.15) is 104 Å². The molecule has 478 valence electrons. The van der Waals surface area contributed by atoms with Crippen molar-refractivity contribution in [1.29, 1.82) is 0 Å². The molecule has 0 aliphatic carbocycles. The van der Waals surface area contributed by atoms with Gasteiger partial charge in [0.1, 0.15) is 59.5 Å². The highest BCUT2D eigenvalue weighted by molar-refractivity contribution is 5.82. The molecule has 0 N–H and O–H groups in total. The molecule has 0 atom stereocenters. The van der Waals surface area contributed by atoms with Gasteiger partial charge in [0, 0.05) is 101 Å².